The molecule has 24 heavy (non-hydrogen) atoms. The van der Waals surface area contributed by atoms with E-state index >= 15 is 0 Å². The first-order chi connectivity index (χ1) is 11.4. The molecule has 4 nitrogen and oxygen atoms in total. The van der Waals surface area contributed by atoms with E-state index in [4.69, 9.17) is 28.6 Å². The third-order valence-electron chi connectivity index (χ3n) is 3.08. The smallest absolute Gasteiger partial charge is 0.341 e. The molecule has 0 radical (unpaired) electrons. The Morgan fingerprint density at radius 1 is 1.33 bits per heavy atom. The van der Waals surface area contributed by atoms with Crippen LogP contribution in [0.15, 0.2) is 29.6 Å². The van der Waals surface area contributed by atoms with Crippen molar-refractivity contribution in [2.24, 2.45) is 0 Å². The van der Waals surface area contributed by atoms with Gasteiger partial charge in [-0.1, -0.05) is 29.8 Å². The number of anilines is 1. The Morgan fingerprint density at radius 2 is 2.04 bits per heavy atom. The predicted octanol–water partition coefficient (Wildman–Crippen LogP) is 4.94. The van der Waals surface area contributed by atoms with Crippen LogP contribution in [0.4, 0.5) is 5.00 Å². The van der Waals surface area contributed by atoms with Gasteiger partial charge in [0.1, 0.15) is 10.6 Å². The third-order valence-corrected chi connectivity index (χ3v) is 4.53. The van der Waals surface area contributed by atoms with Gasteiger partial charge in [0.25, 0.3) is 0 Å². The van der Waals surface area contributed by atoms with Gasteiger partial charge in [0.2, 0.25) is 0 Å². The van der Waals surface area contributed by atoms with Gasteiger partial charge in [-0.15, -0.1) is 11.3 Å². The number of esters is 1. The van der Waals surface area contributed by atoms with Gasteiger partial charge in [-0.05, 0) is 39.1 Å². The molecule has 0 atom stereocenters. The molecule has 1 aromatic heterocycles. The fraction of sp³-hybridized carbons (Fsp3) is 0.294. The standard InChI is InChI=1S/C17H19ClN2O2S2/c1-4-22-16(21)14-12(11-7-5-6-8-13(11)18)9-24-15(14)20-17(23)19-10(2)3/h5-10H,4H2,1-3H3,(H2,19,20,23). The van der Waals surface area contributed by atoms with Gasteiger partial charge in [-0.25, -0.2) is 4.79 Å². The highest BCUT2D eigenvalue weighted by Gasteiger charge is 2.23. The van der Waals surface area contributed by atoms with E-state index in [1.807, 2.05) is 37.4 Å². The number of hydrogen-bond acceptors (Lipinski definition) is 4. The van der Waals surface area contributed by atoms with Gasteiger partial charge < -0.3 is 15.4 Å². The molecule has 2 N–H and O–H groups in total. The first-order valence-electron chi connectivity index (χ1n) is 7.55. The van der Waals surface area contributed by atoms with E-state index in [0.29, 0.717) is 27.3 Å². The molecule has 0 amide bonds. The summed E-state index contributed by atoms with van der Waals surface area (Å²) in [6.45, 7) is 6.05. The molecule has 0 spiro atoms. The molecule has 0 bridgehead atoms. The number of hydrogen-bond donors (Lipinski definition) is 2. The minimum atomic E-state index is -0.400. The highest BCUT2D eigenvalue weighted by atomic mass is 35.5. The largest absolute Gasteiger partial charge is 0.462 e. The van der Waals surface area contributed by atoms with Crippen molar-refractivity contribution in [3.63, 3.8) is 0 Å². The molecule has 0 saturated heterocycles. The molecule has 0 aliphatic heterocycles. The third kappa shape index (κ3) is 4.47. The van der Waals surface area contributed by atoms with Gasteiger partial charge in [0, 0.05) is 27.6 Å². The zero-order valence-electron chi connectivity index (χ0n) is 13.7. The van der Waals surface area contributed by atoms with Crippen molar-refractivity contribution in [2.45, 2.75) is 26.8 Å². The predicted molar refractivity (Wildman–Crippen MR) is 105 cm³/mol. The average Bonchev–Trinajstić information content (AvgIpc) is 2.90. The summed E-state index contributed by atoms with van der Waals surface area (Å²) in [5.41, 5.74) is 1.97. The molecule has 1 heterocycles. The Morgan fingerprint density at radius 3 is 2.67 bits per heavy atom. The highest BCUT2D eigenvalue weighted by molar-refractivity contribution is 7.80. The Kier molecular flexibility index (Phi) is 6.60. The summed E-state index contributed by atoms with van der Waals surface area (Å²) in [4.78, 5) is 12.5. The lowest BCUT2D eigenvalue weighted by molar-refractivity contribution is 0.0529. The van der Waals surface area contributed by atoms with E-state index in [-0.39, 0.29) is 6.04 Å². The van der Waals surface area contributed by atoms with Crippen LogP contribution in [0, 0.1) is 0 Å². The van der Waals surface area contributed by atoms with E-state index < -0.39 is 5.97 Å². The number of ether oxygens (including phenoxy) is 1. The summed E-state index contributed by atoms with van der Waals surface area (Å²) >= 11 is 13.0. The van der Waals surface area contributed by atoms with Crippen molar-refractivity contribution >= 4 is 51.2 Å². The zero-order valence-corrected chi connectivity index (χ0v) is 16.1. The lowest BCUT2D eigenvalue weighted by atomic mass is 10.0. The summed E-state index contributed by atoms with van der Waals surface area (Å²) in [5.74, 6) is -0.400. The van der Waals surface area contributed by atoms with Crippen LogP contribution in [0.2, 0.25) is 5.02 Å². The second kappa shape index (κ2) is 8.46. The molecule has 128 valence electrons. The van der Waals surface area contributed by atoms with Crippen LogP contribution in [0.1, 0.15) is 31.1 Å². The molecule has 2 aromatic rings. The van der Waals surface area contributed by atoms with Crippen LogP contribution >= 0.6 is 35.2 Å². The number of halogens is 1. The maximum Gasteiger partial charge on any atom is 0.341 e. The number of carbonyl (C=O) groups is 1. The van der Waals surface area contributed by atoms with E-state index in [1.54, 1.807) is 13.0 Å². The lowest BCUT2D eigenvalue weighted by Gasteiger charge is -2.14. The fourth-order valence-electron chi connectivity index (χ4n) is 2.14. The van der Waals surface area contributed by atoms with Crippen LogP contribution in [-0.4, -0.2) is 23.7 Å². The lowest BCUT2D eigenvalue weighted by Crippen LogP contribution is -2.34. The van der Waals surface area contributed by atoms with Crippen molar-refractivity contribution in [1.29, 1.82) is 0 Å². The van der Waals surface area contributed by atoms with E-state index in [1.165, 1.54) is 11.3 Å². The molecular formula is C17H19ClN2O2S2. The van der Waals surface area contributed by atoms with Crippen LogP contribution < -0.4 is 10.6 Å². The summed E-state index contributed by atoms with van der Waals surface area (Å²) in [5, 5.41) is 9.75. The quantitative estimate of drug-likeness (QED) is 0.566. The molecule has 0 aliphatic rings. The number of thiophene rings is 1. The van der Waals surface area contributed by atoms with Gasteiger partial charge in [0.05, 0.1) is 6.61 Å². The molecule has 7 heteroatoms. The van der Waals surface area contributed by atoms with E-state index in [2.05, 4.69) is 10.6 Å². The first kappa shape index (κ1) is 18.7. The van der Waals surface area contributed by atoms with Crippen LogP contribution in [-0.2, 0) is 4.74 Å². The maximum absolute atomic E-state index is 12.5. The van der Waals surface area contributed by atoms with Gasteiger partial charge in [-0.3, -0.25) is 0 Å². The second-order valence-electron chi connectivity index (χ2n) is 5.31. The van der Waals surface area contributed by atoms with Crippen molar-refractivity contribution in [1.82, 2.24) is 5.32 Å². The number of benzene rings is 1. The van der Waals surface area contributed by atoms with Gasteiger partial charge >= 0.3 is 5.97 Å². The number of rotatable bonds is 5. The molecule has 0 aliphatic carbocycles. The van der Waals surface area contributed by atoms with Crippen molar-refractivity contribution in [3.05, 3.63) is 40.2 Å². The topological polar surface area (TPSA) is 50.4 Å². The SMILES string of the molecule is CCOC(=O)c1c(-c2ccccc2Cl)csc1NC(=S)NC(C)C. The fourth-order valence-corrected chi connectivity index (χ4v) is 3.73. The van der Waals surface area contributed by atoms with Crippen molar-refractivity contribution < 1.29 is 9.53 Å². The Hall–Kier alpha value is -1.63. The molecule has 1 aromatic carbocycles. The molecule has 0 unspecified atom stereocenters. The van der Waals surface area contributed by atoms with Gasteiger partial charge in [0.15, 0.2) is 5.11 Å². The van der Waals surface area contributed by atoms with E-state index in [9.17, 15) is 4.79 Å². The monoisotopic (exact) mass is 382 g/mol. The summed E-state index contributed by atoms with van der Waals surface area (Å²) < 4.78 is 5.21. The molecule has 2 rings (SSSR count). The normalized spacial score (nSPS) is 10.5. The Balaban J connectivity index is 2.44. The summed E-state index contributed by atoms with van der Waals surface area (Å²) in [7, 11) is 0. The van der Waals surface area contributed by atoms with Crippen LogP contribution in [0.5, 0.6) is 0 Å². The highest BCUT2D eigenvalue weighted by Crippen LogP contribution is 2.39. The maximum atomic E-state index is 12.5. The minimum absolute atomic E-state index is 0.194. The molecular weight excluding hydrogens is 364 g/mol. The zero-order chi connectivity index (χ0) is 17.7. The summed E-state index contributed by atoms with van der Waals surface area (Å²) in [6.07, 6.45) is 0. The number of thiocarbonyl (C=S) groups is 1. The van der Waals surface area contributed by atoms with Crippen LogP contribution in [0.3, 0.4) is 0 Å². The minimum Gasteiger partial charge on any atom is -0.462 e. The molecule has 0 saturated carbocycles. The Labute approximate surface area is 156 Å². The average molecular weight is 383 g/mol. The van der Waals surface area contributed by atoms with Crippen LogP contribution in [0.25, 0.3) is 11.1 Å². The summed E-state index contributed by atoms with van der Waals surface area (Å²) in [6, 6.07) is 7.59. The van der Waals surface area contributed by atoms with E-state index in [0.717, 1.165) is 11.1 Å². The molecule has 0 fully saturated rings. The Bertz CT molecular complexity index is 744. The van der Waals surface area contributed by atoms with Gasteiger partial charge in [-0.2, -0.15) is 0 Å². The van der Waals surface area contributed by atoms with Crippen molar-refractivity contribution in [3.8, 4) is 11.1 Å². The van der Waals surface area contributed by atoms with Crippen molar-refractivity contribution in [2.75, 3.05) is 11.9 Å². The second-order valence-corrected chi connectivity index (χ2v) is 7.00. The number of nitrogens with one attached hydrogen (secondary N) is 2. The first-order valence-corrected chi connectivity index (χ1v) is 9.21. The number of carbonyl (C=O) groups excluding carboxylic acids is 1.